The van der Waals surface area contributed by atoms with Crippen molar-refractivity contribution in [2.45, 2.75) is 64.0 Å². The molecule has 4 aliphatic heterocycles. The van der Waals surface area contributed by atoms with Gasteiger partial charge in [-0.05, 0) is 45.3 Å². The third-order valence-corrected chi connectivity index (χ3v) is 8.80. The van der Waals surface area contributed by atoms with Crippen LogP contribution in [0.5, 0.6) is 0 Å². The van der Waals surface area contributed by atoms with E-state index < -0.39 is 5.54 Å². The molecule has 5 heterocycles. The van der Waals surface area contributed by atoms with Crippen molar-refractivity contribution in [3.05, 3.63) is 54.0 Å². The molecule has 206 valence electrons. The Morgan fingerprint density at radius 3 is 2.37 bits per heavy atom. The van der Waals surface area contributed by atoms with E-state index in [-0.39, 0.29) is 35.0 Å². The number of amides is 1. The topological polar surface area (TPSA) is 84.4 Å². The second-order valence-electron chi connectivity index (χ2n) is 11.3. The molecule has 0 aliphatic carbocycles. The minimum atomic E-state index is -0.816. The van der Waals surface area contributed by atoms with Gasteiger partial charge in [0.25, 0.3) is 5.91 Å². The highest BCUT2D eigenvalue weighted by molar-refractivity contribution is 5.90. The van der Waals surface area contributed by atoms with Gasteiger partial charge in [0.05, 0.1) is 31.2 Å². The number of quaternary nitrogens is 1. The molecule has 4 aliphatic rings. The van der Waals surface area contributed by atoms with Crippen LogP contribution in [-0.2, 0) is 19.9 Å². The summed E-state index contributed by atoms with van der Waals surface area (Å²) in [6.45, 7) is 8.63. The molecule has 9 heteroatoms. The van der Waals surface area contributed by atoms with Crippen LogP contribution in [0, 0.1) is 12.8 Å². The lowest BCUT2D eigenvalue weighted by molar-refractivity contribution is -0.939. The lowest BCUT2D eigenvalue weighted by Crippen LogP contribution is -3.00. The Morgan fingerprint density at radius 2 is 1.74 bits per heavy atom. The van der Waals surface area contributed by atoms with Crippen molar-refractivity contribution in [2.75, 3.05) is 44.6 Å². The summed E-state index contributed by atoms with van der Waals surface area (Å²) in [7, 11) is 0. The summed E-state index contributed by atoms with van der Waals surface area (Å²) in [6, 6.07) is 10.1. The fourth-order valence-corrected chi connectivity index (χ4v) is 6.48. The monoisotopic (exact) mass is 585 g/mol. The summed E-state index contributed by atoms with van der Waals surface area (Å²) in [4.78, 5) is 37.8. The van der Waals surface area contributed by atoms with Crippen molar-refractivity contribution in [1.82, 2.24) is 14.9 Å². The number of piperidine rings is 3. The number of esters is 1. The number of rotatable bonds is 7. The molecule has 6 rings (SSSR count). The van der Waals surface area contributed by atoms with E-state index in [9.17, 15) is 9.59 Å². The van der Waals surface area contributed by atoms with E-state index >= 15 is 0 Å². The Bertz CT molecular complexity index is 1080. The first-order valence-corrected chi connectivity index (χ1v) is 13.8. The smallest absolute Gasteiger partial charge is 0.331 e. The maximum absolute atomic E-state index is 14.1. The van der Waals surface area contributed by atoms with E-state index in [0.29, 0.717) is 29.3 Å². The molecule has 0 spiro atoms. The van der Waals surface area contributed by atoms with Gasteiger partial charge in [0.1, 0.15) is 12.1 Å². The number of carbonyl (C=O) groups is 2. The zero-order valence-electron chi connectivity index (χ0n) is 22.6. The summed E-state index contributed by atoms with van der Waals surface area (Å²) < 4.78 is 7.08. The number of aromatic nitrogens is 2. The number of ether oxygens (including phenoxy) is 1. The van der Waals surface area contributed by atoms with E-state index in [1.165, 1.54) is 12.8 Å². The minimum absolute atomic E-state index is 0. The third-order valence-electron chi connectivity index (χ3n) is 8.80. The molecule has 8 nitrogen and oxygen atoms in total. The molecule has 1 unspecified atom stereocenters. The number of fused-ring (bicyclic) bond motifs is 3. The van der Waals surface area contributed by atoms with Gasteiger partial charge in [-0.25, -0.2) is 9.78 Å². The number of likely N-dealkylation sites (tertiary alicyclic amines) is 1. The third kappa shape index (κ3) is 6.10. The van der Waals surface area contributed by atoms with Gasteiger partial charge in [0.2, 0.25) is 0 Å². The number of benzene rings is 1. The Balaban J connectivity index is 0.00000336. The lowest BCUT2D eigenvalue weighted by Gasteiger charge is -2.52. The van der Waals surface area contributed by atoms with Crippen molar-refractivity contribution >= 4 is 17.7 Å². The molecule has 2 aromatic rings. The van der Waals surface area contributed by atoms with Crippen molar-refractivity contribution in [2.24, 2.45) is 5.92 Å². The van der Waals surface area contributed by atoms with Crippen LogP contribution in [0.25, 0.3) is 0 Å². The summed E-state index contributed by atoms with van der Waals surface area (Å²) in [5.74, 6) is 0.609. The van der Waals surface area contributed by atoms with E-state index in [0.717, 1.165) is 63.1 Å². The van der Waals surface area contributed by atoms with Gasteiger partial charge >= 0.3 is 5.97 Å². The lowest BCUT2D eigenvalue weighted by atomic mass is 9.82. The summed E-state index contributed by atoms with van der Waals surface area (Å²) in [6.07, 6.45) is 9.63. The van der Waals surface area contributed by atoms with E-state index in [4.69, 9.17) is 4.74 Å². The number of nitrogens with zero attached hydrogens (tertiary/aromatic N) is 4. The quantitative estimate of drug-likeness (QED) is 0.380. The maximum Gasteiger partial charge on any atom is 0.331 e. The number of halogens is 1. The Kier molecular flexibility index (Phi) is 9.21. The first-order valence-electron chi connectivity index (χ1n) is 13.8. The summed E-state index contributed by atoms with van der Waals surface area (Å²) in [5.41, 5.74) is 0.986. The van der Waals surface area contributed by atoms with Crippen LogP contribution in [0.4, 0.5) is 5.82 Å². The number of anilines is 1. The predicted octanol–water partition coefficient (Wildman–Crippen LogP) is 0.671. The van der Waals surface area contributed by atoms with Crippen molar-refractivity contribution < 1.29 is 35.8 Å². The van der Waals surface area contributed by atoms with Crippen LogP contribution >= 0.6 is 0 Å². The van der Waals surface area contributed by atoms with Crippen molar-refractivity contribution in [3.63, 3.8) is 0 Å². The van der Waals surface area contributed by atoms with Gasteiger partial charge in [-0.1, -0.05) is 43.2 Å². The van der Waals surface area contributed by atoms with Gasteiger partial charge in [-0.15, -0.1) is 0 Å². The molecule has 4 fully saturated rings. The van der Waals surface area contributed by atoms with Crippen molar-refractivity contribution in [3.8, 4) is 0 Å². The van der Waals surface area contributed by atoms with Crippen LogP contribution in [0.15, 0.2) is 42.7 Å². The first-order chi connectivity index (χ1) is 17.9. The van der Waals surface area contributed by atoms with Gasteiger partial charge in [0, 0.05) is 18.8 Å². The van der Waals surface area contributed by atoms with Gasteiger partial charge in [-0.3, -0.25) is 14.7 Å². The van der Waals surface area contributed by atoms with E-state index in [2.05, 4.69) is 32.3 Å². The Hall–Kier alpha value is -2.36. The molecule has 1 amide bonds. The molecule has 0 radical (unpaired) electrons. The number of carbonyl (C=O) groups excluding carboxylic acids is 2. The zero-order valence-corrected chi connectivity index (χ0v) is 24.2. The molecule has 1 N–H and O–H groups in total. The molecular weight excluding hydrogens is 546 g/mol. The van der Waals surface area contributed by atoms with Crippen LogP contribution in [0.1, 0.15) is 56.7 Å². The number of hydrogen-bond donors (Lipinski definition) is 1. The highest BCUT2D eigenvalue weighted by Crippen LogP contribution is 2.38. The predicted molar refractivity (Wildman–Crippen MR) is 142 cm³/mol. The molecular formula is C29H40BrN5O3. The average Bonchev–Trinajstić information content (AvgIpc) is 3.20. The SMILES string of the molecule is Cc1cnc(NC(=O)C[N+]23CCC(CC2)[C@@H](OC(=O)C(C)(c2ccccc2)N2CCCCCC2)C3)cn1.[Br-]. The number of nitrogens with one attached hydrogen (secondary N) is 1. The summed E-state index contributed by atoms with van der Waals surface area (Å²) in [5, 5.41) is 2.90. The highest BCUT2D eigenvalue weighted by Gasteiger charge is 2.51. The largest absolute Gasteiger partial charge is 1.00 e. The van der Waals surface area contributed by atoms with Gasteiger partial charge in [0.15, 0.2) is 18.5 Å². The molecule has 2 bridgehead atoms. The molecule has 1 aromatic carbocycles. The standard InChI is InChI=1S/C29H39N5O3.BrH/c1-22-18-31-26(19-30-22)32-27(35)21-34-16-12-23(13-17-34)25(20-34)37-28(36)29(2,24-10-6-5-7-11-24)33-14-8-3-4-9-15-33;/h5-7,10-11,18-19,23,25H,3-4,8-9,12-17,20-21H2,1-2H3;1H/t23?,25-,29?,34?;/m0./s1. The Labute approximate surface area is 236 Å². The number of hydrogen-bond acceptors (Lipinski definition) is 6. The van der Waals surface area contributed by atoms with Crippen LogP contribution in [0.3, 0.4) is 0 Å². The fourth-order valence-electron chi connectivity index (χ4n) is 6.48. The van der Waals surface area contributed by atoms with Gasteiger partial charge < -0.3 is 31.5 Å². The molecule has 2 atom stereocenters. The molecule has 0 saturated carbocycles. The van der Waals surface area contributed by atoms with Crippen molar-refractivity contribution in [1.29, 1.82) is 0 Å². The van der Waals surface area contributed by atoms with E-state index in [1.807, 2.05) is 32.0 Å². The van der Waals surface area contributed by atoms with Crippen LogP contribution in [0.2, 0.25) is 0 Å². The van der Waals surface area contributed by atoms with Crippen LogP contribution < -0.4 is 22.3 Å². The van der Waals surface area contributed by atoms with E-state index in [1.54, 1.807) is 12.4 Å². The number of aryl methyl sites for hydroxylation is 1. The molecule has 4 saturated heterocycles. The summed E-state index contributed by atoms with van der Waals surface area (Å²) >= 11 is 0. The van der Waals surface area contributed by atoms with Crippen LogP contribution in [-0.4, -0.2) is 76.6 Å². The Morgan fingerprint density at radius 1 is 1.05 bits per heavy atom. The normalized spacial score (nSPS) is 26.9. The minimum Gasteiger partial charge on any atom is -1.00 e. The first kappa shape index (κ1) is 28.6. The van der Waals surface area contributed by atoms with Gasteiger partial charge in [-0.2, -0.15) is 0 Å². The maximum atomic E-state index is 14.1. The second kappa shape index (κ2) is 12.2. The highest BCUT2D eigenvalue weighted by atomic mass is 79.9. The fraction of sp³-hybridized carbons (Fsp3) is 0.586. The average molecular weight is 587 g/mol. The molecule has 1 aromatic heterocycles. The molecule has 38 heavy (non-hydrogen) atoms. The zero-order chi connectivity index (χ0) is 25.9. The second-order valence-corrected chi connectivity index (χ2v) is 11.3.